The first-order chi connectivity index (χ1) is 15.0. The molecule has 0 bridgehead atoms. The average Bonchev–Trinajstić information content (AvgIpc) is 3.45. The summed E-state index contributed by atoms with van der Waals surface area (Å²) in [7, 11) is 0. The fraction of sp³-hybridized carbons (Fsp3) is 0.545. The van der Waals surface area contributed by atoms with Gasteiger partial charge in [0.2, 0.25) is 12.3 Å². The number of nitrogens with one attached hydrogen (secondary N) is 1. The first-order valence-corrected chi connectivity index (χ1v) is 10.8. The SMILES string of the molecule is O=CN(O)CC(CC1CCCC1)C(=O)N1CCC[C@H]1C(=O)NC(=O)Oc1ccccc1. The monoisotopic (exact) mass is 431 g/mol. The number of para-hydroxylation sites is 1. The van der Waals surface area contributed by atoms with Crippen LogP contribution in [0.15, 0.2) is 30.3 Å². The third-order valence-electron chi connectivity index (χ3n) is 5.99. The van der Waals surface area contributed by atoms with Crippen molar-refractivity contribution in [3.05, 3.63) is 30.3 Å². The number of amides is 4. The molecule has 1 aromatic rings. The van der Waals surface area contributed by atoms with E-state index in [-0.39, 0.29) is 18.9 Å². The smallest absolute Gasteiger partial charge is 0.410 e. The van der Waals surface area contributed by atoms with Crippen LogP contribution in [0.5, 0.6) is 5.75 Å². The number of hydroxylamine groups is 2. The molecule has 1 aliphatic heterocycles. The van der Waals surface area contributed by atoms with E-state index in [0.29, 0.717) is 42.5 Å². The minimum absolute atomic E-state index is 0.111. The van der Waals surface area contributed by atoms with Crippen LogP contribution in [0.25, 0.3) is 0 Å². The molecule has 2 N–H and O–H groups in total. The molecule has 31 heavy (non-hydrogen) atoms. The molecule has 1 saturated heterocycles. The molecule has 4 amide bonds. The topological polar surface area (TPSA) is 116 Å². The van der Waals surface area contributed by atoms with Crippen LogP contribution in [0.2, 0.25) is 0 Å². The second-order valence-electron chi connectivity index (χ2n) is 8.19. The van der Waals surface area contributed by atoms with Gasteiger partial charge in [-0.05, 0) is 37.3 Å². The second-order valence-corrected chi connectivity index (χ2v) is 8.19. The van der Waals surface area contributed by atoms with Gasteiger partial charge >= 0.3 is 6.09 Å². The lowest BCUT2D eigenvalue weighted by molar-refractivity contribution is -0.158. The number of carbonyl (C=O) groups is 4. The molecule has 2 fully saturated rings. The van der Waals surface area contributed by atoms with Crippen molar-refractivity contribution in [3.8, 4) is 5.75 Å². The van der Waals surface area contributed by atoms with Crippen LogP contribution < -0.4 is 10.1 Å². The summed E-state index contributed by atoms with van der Waals surface area (Å²) in [6, 6.07) is 7.59. The van der Waals surface area contributed by atoms with E-state index in [1.165, 1.54) is 4.90 Å². The van der Waals surface area contributed by atoms with Gasteiger partial charge < -0.3 is 9.64 Å². The Bertz CT molecular complexity index is 781. The summed E-state index contributed by atoms with van der Waals surface area (Å²) in [4.78, 5) is 50.4. The molecule has 1 heterocycles. The van der Waals surface area contributed by atoms with Gasteiger partial charge in [-0.1, -0.05) is 43.9 Å². The third-order valence-corrected chi connectivity index (χ3v) is 5.99. The maximum atomic E-state index is 13.3. The quantitative estimate of drug-likeness (QED) is 0.371. The molecule has 0 spiro atoms. The van der Waals surface area contributed by atoms with Crippen LogP contribution in [0.4, 0.5) is 4.79 Å². The summed E-state index contributed by atoms with van der Waals surface area (Å²) < 4.78 is 5.09. The predicted molar refractivity (Wildman–Crippen MR) is 110 cm³/mol. The van der Waals surface area contributed by atoms with Crippen molar-refractivity contribution in [2.45, 2.75) is 51.0 Å². The number of imide groups is 1. The Morgan fingerprint density at radius 1 is 1.16 bits per heavy atom. The van der Waals surface area contributed by atoms with E-state index < -0.39 is 24.0 Å². The number of hydrogen-bond donors (Lipinski definition) is 2. The zero-order chi connectivity index (χ0) is 22.2. The van der Waals surface area contributed by atoms with E-state index >= 15 is 0 Å². The van der Waals surface area contributed by atoms with Gasteiger partial charge in [0, 0.05) is 6.54 Å². The Labute approximate surface area is 181 Å². The molecule has 0 aromatic heterocycles. The lowest BCUT2D eigenvalue weighted by Crippen LogP contribution is -2.51. The normalized spacial score (nSPS) is 19.6. The predicted octanol–water partition coefficient (Wildman–Crippen LogP) is 2.34. The minimum atomic E-state index is -0.902. The Hall–Kier alpha value is -2.94. The number of carbonyl (C=O) groups excluding carboxylic acids is 4. The van der Waals surface area contributed by atoms with Crippen molar-refractivity contribution in [2.24, 2.45) is 11.8 Å². The molecular formula is C22H29N3O6. The largest absolute Gasteiger partial charge is 0.419 e. The molecule has 9 heteroatoms. The highest BCUT2D eigenvalue weighted by Crippen LogP contribution is 2.32. The number of nitrogens with zero attached hydrogens (tertiary/aromatic N) is 2. The zero-order valence-corrected chi connectivity index (χ0v) is 17.4. The fourth-order valence-electron chi connectivity index (χ4n) is 4.51. The lowest BCUT2D eigenvalue weighted by atomic mass is 9.91. The molecule has 1 aliphatic carbocycles. The summed E-state index contributed by atoms with van der Waals surface area (Å²) in [5, 5.41) is 12.4. The van der Waals surface area contributed by atoms with E-state index in [2.05, 4.69) is 5.32 Å². The van der Waals surface area contributed by atoms with Gasteiger partial charge in [0.15, 0.2) is 0 Å². The van der Waals surface area contributed by atoms with Crippen molar-refractivity contribution >= 4 is 24.3 Å². The van der Waals surface area contributed by atoms with Crippen LogP contribution in [0.3, 0.4) is 0 Å². The summed E-state index contributed by atoms with van der Waals surface area (Å²) in [5.41, 5.74) is 0. The molecule has 2 atom stereocenters. The number of hydrogen-bond acceptors (Lipinski definition) is 6. The van der Waals surface area contributed by atoms with Gasteiger partial charge in [0.25, 0.3) is 5.91 Å². The average molecular weight is 431 g/mol. The Balaban J connectivity index is 1.62. The summed E-state index contributed by atoms with van der Waals surface area (Å²) in [5.74, 6) is -0.794. The zero-order valence-electron chi connectivity index (χ0n) is 17.4. The van der Waals surface area contributed by atoms with Gasteiger partial charge in [0.05, 0.1) is 12.5 Å². The molecule has 1 aromatic carbocycles. The van der Waals surface area contributed by atoms with Gasteiger partial charge in [-0.2, -0.15) is 0 Å². The number of ether oxygens (including phenoxy) is 1. The van der Waals surface area contributed by atoms with E-state index in [1.54, 1.807) is 30.3 Å². The second kappa shape index (κ2) is 10.9. The van der Waals surface area contributed by atoms with Crippen molar-refractivity contribution in [2.75, 3.05) is 13.1 Å². The van der Waals surface area contributed by atoms with Crippen LogP contribution >= 0.6 is 0 Å². The van der Waals surface area contributed by atoms with Crippen LogP contribution in [-0.2, 0) is 14.4 Å². The fourth-order valence-corrected chi connectivity index (χ4v) is 4.51. The molecule has 168 valence electrons. The van der Waals surface area contributed by atoms with Gasteiger partial charge in [-0.3, -0.25) is 24.9 Å². The van der Waals surface area contributed by atoms with Crippen LogP contribution in [0, 0.1) is 11.8 Å². The summed E-state index contributed by atoms with van der Waals surface area (Å²) in [6.45, 7) is 0.276. The molecule has 9 nitrogen and oxygen atoms in total. The van der Waals surface area contributed by atoms with Gasteiger partial charge in [-0.15, -0.1) is 0 Å². The Morgan fingerprint density at radius 3 is 2.55 bits per heavy atom. The van der Waals surface area contributed by atoms with Crippen molar-refractivity contribution in [1.29, 1.82) is 0 Å². The van der Waals surface area contributed by atoms with E-state index in [4.69, 9.17) is 4.74 Å². The van der Waals surface area contributed by atoms with Crippen LogP contribution in [-0.4, -0.2) is 58.6 Å². The lowest BCUT2D eigenvalue weighted by Gasteiger charge is -2.30. The highest BCUT2D eigenvalue weighted by atomic mass is 16.6. The maximum absolute atomic E-state index is 13.3. The highest BCUT2D eigenvalue weighted by molar-refractivity contribution is 5.97. The first kappa shape index (κ1) is 22.7. The summed E-state index contributed by atoms with van der Waals surface area (Å²) >= 11 is 0. The van der Waals surface area contributed by atoms with Crippen molar-refractivity contribution in [1.82, 2.24) is 15.3 Å². The molecule has 0 radical (unpaired) electrons. The van der Waals surface area contributed by atoms with Gasteiger partial charge in [0.1, 0.15) is 11.8 Å². The van der Waals surface area contributed by atoms with E-state index in [0.717, 1.165) is 25.7 Å². The standard InChI is InChI=1S/C22H29N3O6/c26-15-24(30)14-17(13-16-7-4-5-8-16)21(28)25-12-6-11-19(25)20(27)23-22(29)31-18-9-2-1-3-10-18/h1-3,9-10,15-17,19,30H,4-8,11-14H2,(H,23,27,29)/t17?,19-/m0/s1. The minimum Gasteiger partial charge on any atom is -0.410 e. The molecule has 1 unspecified atom stereocenters. The Morgan fingerprint density at radius 2 is 1.87 bits per heavy atom. The number of likely N-dealkylation sites (tertiary alicyclic amines) is 1. The number of rotatable bonds is 8. The molecule has 3 rings (SSSR count). The van der Waals surface area contributed by atoms with Crippen LogP contribution in [0.1, 0.15) is 44.9 Å². The van der Waals surface area contributed by atoms with Crippen molar-refractivity contribution < 1.29 is 29.1 Å². The van der Waals surface area contributed by atoms with Crippen molar-refractivity contribution in [3.63, 3.8) is 0 Å². The first-order valence-electron chi connectivity index (χ1n) is 10.8. The molecular weight excluding hydrogens is 402 g/mol. The Kier molecular flexibility index (Phi) is 8.00. The molecule has 2 aliphatic rings. The summed E-state index contributed by atoms with van der Waals surface area (Å²) in [6.07, 6.45) is 5.26. The van der Waals surface area contributed by atoms with E-state index in [9.17, 15) is 24.4 Å². The van der Waals surface area contributed by atoms with E-state index in [1.807, 2.05) is 0 Å². The molecule has 1 saturated carbocycles. The highest BCUT2D eigenvalue weighted by Gasteiger charge is 2.39. The van der Waals surface area contributed by atoms with Gasteiger partial charge in [-0.25, -0.2) is 9.86 Å². The number of benzene rings is 1. The maximum Gasteiger partial charge on any atom is 0.419 e. The third kappa shape index (κ3) is 6.27.